The summed E-state index contributed by atoms with van der Waals surface area (Å²) in [5.41, 5.74) is 0.978. The number of fused-ring (bicyclic) bond motifs is 6. The smallest absolute Gasteiger partial charge is 0.0923 e. The molecule has 0 aromatic rings. The summed E-state index contributed by atoms with van der Waals surface area (Å²) in [6.45, 7) is 7.33. The van der Waals surface area contributed by atoms with Gasteiger partial charge in [-0.1, -0.05) is 13.8 Å². The Hall–Kier alpha value is -0.0800. The predicted molar refractivity (Wildman–Crippen MR) is 86.4 cm³/mol. The number of aliphatic hydroxyl groups is 1. The molecule has 9 atom stereocenters. The van der Waals surface area contributed by atoms with E-state index in [1.165, 1.54) is 44.9 Å². The standard InChI is InChI=1S/C20H32O2/c1-18-9-8-15-13(14(18)6-7-16(18)21)5-4-12-10-20(3)17(22-20)11-19(12,15)2/h12-17,21H,4-11H2,1-3H3. The number of ether oxygens (including phenoxy) is 1. The van der Waals surface area contributed by atoms with Crippen LogP contribution in [-0.4, -0.2) is 22.9 Å². The Morgan fingerprint density at radius 3 is 2.45 bits per heavy atom. The predicted octanol–water partition coefficient (Wildman–Crippen LogP) is 4.16. The molecule has 0 bridgehead atoms. The molecule has 0 spiro atoms. The summed E-state index contributed by atoms with van der Waals surface area (Å²) < 4.78 is 6.09. The quantitative estimate of drug-likeness (QED) is 0.682. The van der Waals surface area contributed by atoms with Gasteiger partial charge in [0.1, 0.15) is 0 Å². The maximum atomic E-state index is 10.5. The number of epoxide rings is 1. The van der Waals surface area contributed by atoms with Crippen molar-refractivity contribution in [1.82, 2.24) is 0 Å². The number of hydrogen-bond acceptors (Lipinski definition) is 2. The fourth-order valence-corrected chi connectivity index (χ4v) is 7.78. The van der Waals surface area contributed by atoms with Gasteiger partial charge in [-0.3, -0.25) is 0 Å². The summed E-state index contributed by atoms with van der Waals surface area (Å²) in [4.78, 5) is 0. The summed E-state index contributed by atoms with van der Waals surface area (Å²) in [6, 6.07) is 0. The third-order valence-electron chi connectivity index (χ3n) is 9.33. The Morgan fingerprint density at radius 2 is 1.64 bits per heavy atom. The number of rotatable bonds is 0. The summed E-state index contributed by atoms with van der Waals surface area (Å²) in [7, 11) is 0. The molecule has 0 radical (unpaired) electrons. The SMILES string of the molecule is CC12CC3CCC4C5CCC(O)C5(C)CCC4C3(C)CC1O2. The van der Waals surface area contributed by atoms with Crippen molar-refractivity contribution >= 4 is 0 Å². The van der Waals surface area contributed by atoms with Crippen LogP contribution in [0.5, 0.6) is 0 Å². The van der Waals surface area contributed by atoms with Gasteiger partial charge < -0.3 is 9.84 Å². The van der Waals surface area contributed by atoms with E-state index in [1.807, 2.05) is 0 Å². The van der Waals surface area contributed by atoms with Crippen LogP contribution in [0.1, 0.15) is 72.1 Å². The Morgan fingerprint density at radius 1 is 0.864 bits per heavy atom. The second-order valence-electron chi connectivity index (χ2n) is 10.1. The van der Waals surface area contributed by atoms with Crippen LogP contribution in [0.25, 0.3) is 0 Å². The van der Waals surface area contributed by atoms with Gasteiger partial charge in [0.15, 0.2) is 0 Å². The maximum Gasteiger partial charge on any atom is 0.0923 e. The average molecular weight is 304 g/mol. The molecule has 9 unspecified atom stereocenters. The van der Waals surface area contributed by atoms with Crippen LogP contribution in [0.2, 0.25) is 0 Å². The Labute approximate surface area is 135 Å². The first-order chi connectivity index (χ1) is 10.4. The molecule has 0 aromatic carbocycles. The topological polar surface area (TPSA) is 32.8 Å². The highest BCUT2D eigenvalue weighted by molar-refractivity contribution is 5.15. The van der Waals surface area contributed by atoms with Crippen molar-refractivity contribution in [2.24, 2.45) is 34.5 Å². The Balaban J connectivity index is 1.47. The van der Waals surface area contributed by atoms with E-state index < -0.39 is 0 Å². The van der Waals surface area contributed by atoms with Crippen LogP contribution in [0, 0.1) is 34.5 Å². The van der Waals surface area contributed by atoms with Gasteiger partial charge in [-0.2, -0.15) is 0 Å². The molecule has 5 rings (SSSR count). The Kier molecular flexibility index (Phi) is 2.67. The molecule has 5 fully saturated rings. The van der Waals surface area contributed by atoms with E-state index in [2.05, 4.69) is 20.8 Å². The summed E-state index contributed by atoms with van der Waals surface area (Å²) >= 11 is 0. The van der Waals surface area contributed by atoms with E-state index >= 15 is 0 Å². The molecule has 4 aliphatic carbocycles. The van der Waals surface area contributed by atoms with Crippen LogP contribution >= 0.6 is 0 Å². The van der Waals surface area contributed by atoms with Crippen LogP contribution in [0.4, 0.5) is 0 Å². The largest absolute Gasteiger partial charge is 0.393 e. The van der Waals surface area contributed by atoms with Crippen molar-refractivity contribution in [3.8, 4) is 0 Å². The second-order valence-corrected chi connectivity index (χ2v) is 10.1. The van der Waals surface area contributed by atoms with Crippen LogP contribution < -0.4 is 0 Å². The minimum absolute atomic E-state index is 0.0367. The first-order valence-electron chi connectivity index (χ1n) is 9.73. The van der Waals surface area contributed by atoms with Gasteiger partial charge >= 0.3 is 0 Å². The maximum absolute atomic E-state index is 10.5. The molecule has 1 heterocycles. The van der Waals surface area contributed by atoms with Crippen LogP contribution in [-0.2, 0) is 4.74 Å². The van der Waals surface area contributed by atoms with Crippen molar-refractivity contribution in [2.75, 3.05) is 0 Å². The van der Waals surface area contributed by atoms with Gasteiger partial charge in [-0.05, 0) is 92.8 Å². The van der Waals surface area contributed by atoms with Crippen molar-refractivity contribution in [1.29, 1.82) is 0 Å². The van der Waals surface area contributed by atoms with E-state index in [9.17, 15) is 5.11 Å². The monoisotopic (exact) mass is 304 g/mol. The van der Waals surface area contributed by atoms with Gasteiger partial charge in [0.2, 0.25) is 0 Å². The fraction of sp³-hybridized carbons (Fsp3) is 1.00. The molecule has 0 aromatic heterocycles. The lowest BCUT2D eigenvalue weighted by Gasteiger charge is -2.60. The molecule has 124 valence electrons. The average Bonchev–Trinajstić information content (AvgIpc) is 3.01. The van der Waals surface area contributed by atoms with Gasteiger partial charge in [-0.25, -0.2) is 0 Å². The fourth-order valence-electron chi connectivity index (χ4n) is 7.78. The highest BCUT2D eigenvalue weighted by atomic mass is 16.6. The zero-order chi connectivity index (χ0) is 15.3. The van der Waals surface area contributed by atoms with E-state index in [0.717, 1.165) is 30.1 Å². The normalized spacial score (nSPS) is 66.0. The number of aliphatic hydroxyl groups excluding tert-OH is 1. The lowest BCUT2D eigenvalue weighted by Crippen LogP contribution is -2.54. The minimum Gasteiger partial charge on any atom is -0.393 e. The highest BCUT2D eigenvalue weighted by Crippen LogP contribution is 2.69. The van der Waals surface area contributed by atoms with Crippen molar-refractivity contribution in [2.45, 2.75) is 89.9 Å². The number of hydrogen-bond donors (Lipinski definition) is 1. The lowest BCUT2D eigenvalue weighted by molar-refractivity contribution is -0.119. The van der Waals surface area contributed by atoms with Gasteiger partial charge in [-0.15, -0.1) is 0 Å². The third kappa shape index (κ3) is 1.59. The first-order valence-corrected chi connectivity index (χ1v) is 9.73. The summed E-state index contributed by atoms with van der Waals surface area (Å²) in [5.74, 6) is 3.43. The summed E-state index contributed by atoms with van der Waals surface area (Å²) in [5, 5.41) is 10.5. The molecule has 2 heteroatoms. The molecule has 1 aliphatic heterocycles. The van der Waals surface area contributed by atoms with E-state index in [0.29, 0.717) is 11.5 Å². The van der Waals surface area contributed by atoms with Crippen molar-refractivity contribution in [3.05, 3.63) is 0 Å². The van der Waals surface area contributed by atoms with E-state index in [1.54, 1.807) is 0 Å². The zero-order valence-corrected chi connectivity index (χ0v) is 14.5. The molecule has 22 heavy (non-hydrogen) atoms. The molecule has 1 N–H and O–H groups in total. The van der Waals surface area contributed by atoms with E-state index in [-0.39, 0.29) is 17.1 Å². The minimum atomic E-state index is -0.0367. The molecule has 2 nitrogen and oxygen atoms in total. The molecule has 5 aliphatic rings. The molecule has 0 amide bonds. The third-order valence-corrected chi connectivity index (χ3v) is 9.33. The van der Waals surface area contributed by atoms with Crippen LogP contribution in [0.3, 0.4) is 0 Å². The molecular weight excluding hydrogens is 272 g/mol. The summed E-state index contributed by atoms with van der Waals surface area (Å²) in [6.07, 6.45) is 10.9. The van der Waals surface area contributed by atoms with Crippen molar-refractivity contribution < 1.29 is 9.84 Å². The Bertz CT molecular complexity index is 504. The molecule has 1 saturated heterocycles. The van der Waals surface area contributed by atoms with E-state index in [4.69, 9.17) is 4.74 Å². The first kappa shape index (κ1) is 14.3. The highest BCUT2D eigenvalue weighted by Gasteiger charge is 2.67. The zero-order valence-electron chi connectivity index (χ0n) is 14.5. The molecular formula is C20H32O2. The second kappa shape index (κ2) is 4.11. The lowest BCUT2D eigenvalue weighted by atomic mass is 9.44. The molecule has 4 saturated carbocycles. The van der Waals surface area contributed by atoms with Crippen LogP contribution in [0.15, 0.2) is 0 Å². The van der Waals surface area contributed by atoms with Gasteiger partial charge in [0, 0.05) is 0 Å². The van der Waals surface area contributed by atoms with Gasteiger partial charge in [0.05, 0.1) is 17.8 Å². The van der Waals surface area contributed by atoms with Crippen molar-refractivity contribution in [3.63, 3.8) is 0 Å². The van der Waals surface area contributed by atoms with Gasteiger partial charge in [0.25, 0.3) is 0 Å².